The van der Waals surface area contributed by atoms with Crippen LogP contribution in [0.15, 0.2) is 18.2 Å². The number of fused-ring (bicyclic) bond motifs is 1. The maximum atomic E-state index is 13.6. The SMILES string of the molecule is Cc1nn(-c2ccc(C(N)=O)c(NC3CCC(NS(C)(=O)=O)CC3)c2)c2c1C(=O)N(CC1CC1)C(C)(C)C2. The van der Waals surface area contributed by atoms with E-state index in [0.29, 0.717) is 47.7 Å². The van der Waals surface area contributed by atoms with Crippen LogP contribution in [0.25, 0.3) is 5.69 Å². The standard InChI is InChI=1S/C27H38N6O4S/c1-16-24-23(14-27(2,3)32(26(24)35)15-17-5-6-17)33(30-16)20-11-12-21(25(28)34)22(13-20)29-18-7-9-19(10-8-18)31-38(4,36)37/h11-13,17-19,29,31H,5-10,14-15H2,1-4H3,(H2,28,34). The van der Waals surface area contributed by atoms with E-state index < -0.39 is 15.9 Å². The van der Waals surface area contributed by atoms with E-state index in [4.69, 9.17) is 10.8 Å². The molecule has 4 N–H and O–H groups in total. The molecule has 38 heavy (non-hydrogen) atoms. The lowest BCUT2D eigenvalue weighted by molar-refractivity contribution is 0.0487. The second-order valence-corrected chi connectivity index (χ2v) is 13.6. The number of primary amides is 1. The molecule has 1 aromatic heterocycles. The van der Waals surface area contributed by atoms with Crippen LogP contribution < -0.4 is 15.8 Å². The highest BCUT2D eigenvalue weighted by Gasteiger charge is 2.43. The number of anilines is 1. The molecule has 1 aromatic carbocycles. The van der Waals surface area contributed by atoms with Crippen molar-refractivity contribution in [1.29, 1.82) is 0 Å². The Kier molecular flexibility index (Phi) is 6.79. The molecular weight excluding hydrogens is 504 g/mol. The number of carbonyl (C=O) groups excluding carboxylic acids is 2. The number of nitrogens with zero attached hydrogens (tertiary/aromatic N) is 3. The lowest BCUT2D eigenvalue weighted by Gasteiger charge is -2.42. The number of amides is 2. The number of hydrogen-bond donors (Lipinski definition) is 3. The Balaban J connectivity index is 1.42. The zero-order valence-electron chi connectivity index (χ0n) is 22.6. The van der Waals surface area contributed by atoms with Crippen molar-refractivity contribution in [3.8, 4) is 5.69 Å². The molecule has 206 valence electrons. The van der Waals surface area contributed by atoms with Gasteiger partial charge in [0, 0.05) is 36.3 Å². The summed E-state index contributed by atoms with van der Waals surface area (Å²) >= 11 is 0. The Hall–Kier alpha value is -2.92. The second-order valence-electron chi connectivity index (χ2n) is 11.8. The quantitative estimate of drug-likeness (QED) is 0.469. The molecule has 2 aromatic rings. The lowest BCUT2D eigenvalue weighted by atomic mass is 9.87. The first-order chi connectivity index (χ1) is 17.8. The first-order valence-corrected chi connectivity index (χ1v) is 15.3. The van der Waals surface area contributed by atoms with Crippen LogP contribution in [0.5, 0.6) is 0 Å². The summed E-state index contributed by atoms with van der Waals surface area (Å²) in [6.45, 7) is 6.89. The highest BCUT2D eigenvalue weighted by Crippen LogP contribution is 2.38. The number of nitrogens with one attached hydrogen (secondary N) is 2. The van der Waals surface area contributed by atoms with Gasteiger partial charge in [-0.05, 0) is 83.4 Å². The molecule has 0 bridgehead atoms. The summed E-state index contributed by atoms with van der Waals surface area (Å²) in [5, 5.41) is 8.25. The number of carbonyl (C=O) groups is 2. The van der Waals surface area contributed by atoms with Gasteiger partial charge < -0.3 is 16.0 Å². The van der Waals surface area contributed by atoms with Crippen LogP contribution in [0.4, 0.5) is 5.69 Å². The zero-order chi connectivity index (χ0) is 27.4. The minimum absolute atomic E-state index is 0.0402. The summed E-state index contributed by atoms with van der Waals surface area (Å²) in [7, 11) is -3.25. The number of sulfonamides is 1. The monoisotopic (exact) mass is 542 g/mol. The van der Waals surface area contributed by atoms with Gasteiger partial charge in [0.25, 0.3) is 11.8 Å². The molecule has 0 unspecified atom stereocenters. The second kappa shape index (κ2) is 9.68. The highest BCUT2D eigenvalue weighted by molar-refractivity contribution is 7.88. The smallest absolute Gasteiger partial charge is 0.258 e. The van der Waals surface area contributed by atoms with Crippen LogP contribution in [0.2, 0.25) is 0 Å². The number of benzene rings is 1. The van der Waals surface area contributed by atoms with Gasteiger partial charge in [0.05, 0.1) is 34.5 Å². The van der Waals surface area contributed by atoms with Gasteiger partial charge in [0.15, 0.2) is 0 Å². The molecule has 2 heterocycles. The summed E-state index contributed by atoms with van der Waals surface area (Å²) in [6.07, 6.45) is 7.15. The van der Waals surface area contributed by atoms with Gasteiger partial charge in [0.2, 0.25) is 10.0 Å². The third-order valence-corrected chi connectivity index (χ3v) is 8.83. The molecular formula is C27H38N6O4S. The van der Waals surface area contributed by atoms with E-state index in [1.54, 1.807) is 6.07 Å². The predicted octanol–water partition coefficient (Wildman–Crippen LogP) is 2.74. The fraction of sp³-hybridized carbons (Fsp3) is 0.593. The Morgan fingerprint density at radius 2 is 1.79 bits per heavy atom. The van der Waals surface area contributed by atoms with Gasteiger partial charge in [-0.3, -0.25) is 9.59 Å². The molecule has 10 nitrogen and oxygen atoms in total. The van der Waals surface area contributed by atoms with Gasteiger partial charge in [-0.15, -0.1) is 0 Å². The van der Waals surface area contributed by atoms with E-state index in [9.17, 15) is 18.0 Å². The first-order valence-electron chi connectivity index (χ1n) is 13.4. The Morgan fingerprint density at radius 3 is 2.39 bits per heavy atom. The largest absolute Gasteiger partial charge is 0.382 e. The minimum atomic E-state index is -3.25. The third-order valence-electron chi connectivity index (χ3n) is 8.06. The van der Waals surface area contributed by atoms with Crippen LogP contribution in [-0.4, -0.2) is 65.3 Å². The fourth-order valence-electron chi connectivity index (χ4n) is 5.91. The van der Waals surface area contributed by atoms with E-state index in [-0.39, 0.29) is 23.5 Å². The van der Waals surface area contributed by atoms with Gasteiger partial charge in [-0.1, -0.05) is 0 Å². The average Bonchev–Trinajstić information content (AvgIpc) is 3.58. The molecule has 1 aliphatic heterocycles. The zero-order valence-corrected chi connectivity index (χ0v) is 23.4. The van der Waals surface area contributed by atoms with Crippen LogP contribution in [-0.2, 0) is 16.4 Å². The highest BCUT2D eigenvalue weighted by atomic mass is 32.2. The molecule has 2 amide bonds. The van der Waals surface area contributed by atoms with Crippen molar-refractivity contribution in [2.45, 2.75) is 83.3 Å². The summed E-state index contributed by atoms with van der Waals surface area (Å²) in [4.78, 5) is 27.9. The van der Waals surface area contributed by atoms with E-state index >= 15 is 0 Å². The van der Waals surface area contributed by atoms with E-state index in [2.05, 4.69) is 23.9 Å². The van der Waals surface area contributed by atoms with Gasteiger partial charge in [-0.25, -0.2) is 17.8 Å². The fourth-order valence-corrected chi connectivity index (χ4v) is 6.75. The first kappa shape index (κ1) is 26.7. The molecule has 0 spiro atoms. The number of hydrogen-bond acceptors (Lipinski definition) is 6. The van der Waals surface area contributed by atoms with Gasteiger partial charge in [-0.2, -0.15) is 5.10 Å². The van der Waals surface area contributed by atoms with Crippen molar-refractivity contribution in [3.05, 3.63) is 40.7 Å². The Morgan fingerprint density at radius 1 is 1.13 bits per heavy atom. The average molecular weight is 543 g/mol. The van der Waals surface area contributed by atoms with E-state index in [1.807, 2.05) is 28.6 Å². The van der Waals surface area contributed by atoms with Crippen LogP contribution in [0, 0.1) is 12.8 Å². The van der Waals surface area contributed by atoms with Crippen LogP contribution in [0.3, 0.4) is 0 Å². The lowest BCUT2D eigenvalue weighted by Crippen LogP contribution is -2.53. The summed E-state index contributed by atoms with van der Waals surface area (Å²) < 4.78 is 27.7. The Bertz CT molecular complexity index is 1370. The number of nitrogens with two attached hydrogens (primary N) is 1. The van der Waals surface area contributed by atoms with Crippen molar-refractivity contribution in [3.63, 3.8) is 0 Å². The van der Waals surface area contributed by atoms with Gasteiger partial charge in [0.1, 0.15) is 0 Å². The van der Waals surface area contributed by atoms with Crippen molar-refractivity contribution in [2.24, 2.45) is 11.7 Å². The maximum absolute atomic E-state index is 13.6. The molecule has 0 radical (unpaired) electrons. The third kappa shape index (κ3) is 5.44. The summed E-state index contributed by atoms with van der Waals surface area (Å²) in [6, 6.07) is 5.39. The topological polar surface area (TPSA) is 139 Å². The molecule has 2 fully saturated rings. The number of aromatic nitrogens is 2. The van der Waals surface area contributed by atoms with Crippen molar-refractivity contribution < 1.29 is 18.0 Å². The molecule has 0 atom stereocenters. The van der Waals surface area contributed by atoms with Gasteiger partial charge >= 0.3 is 0 Å². The predicted molar refractivity (Wildman–Crippen MR) is 146 cm³/mol. The molecule has 11 heteroatoms. The molecule has 0 saturated heterocycles. The van der Waals surface area contributed by atoms with E-state index in [1.165, 1.54) is 19.1 Å². The molecule has 5 rings (SSSR count). The number of aryl methyl sites for hydroxylation is 1. The Labute approximate surface area is 224 Å². The van der Waals surface area contributed by atoms with Crippen LogP contribution in [0.1, 0.15) is 84.5 Å². The molecule has 3 aliphatic rings. The maximum Gasteiger partial charge on any atom is 0.258 e. The van der Waals surface area contributed by atoms with Crippen molar-refractivity contribution in [2.75, 3.05) is 18.1 Å². The molecule has 2 saturated carbocycles. The summed E-state index contributed by atoms with van der Waals surface area (Å²) in [5.41, 5.74) is 9.39. The number of rotatable bonds is 8. The normalized spacial score (nSPS) is 23.3. The summed E-state index contributed by atoms with van der Waals surface area (Å²) in [5.74, 6) is 0.109. The van der Waals surface area contributed by atoms with Crippen molar-refractivity contribution in [1.82, 2.24) is 19.4 Å². The minimum Gasteiger partial charge on any atom is -0.382 e. The van der Waals surface area contributed by atoms with Crippen LogP contribution >= 0.6 is 0 Å². The van der Waals surface area contributed by atoms with E-state index in [0.717, 1.165) is 30.8 Å². The van der Waals surface area contributed by atoms with Crippen molar-refractivity contribution >= 4 is 27.5 Å². The molecule has 2 aliphatic carbocycles.